The zero-order chi connectivity index (χ0) is 27.4. The number of hydrogen-bond donors (Lipinski definition) is 0. The fraction of sp³-hybridized carbons (Fsp3) is 0.633. The van der Waals surface area contributed by atoms with Crippen molar-refractivity contribution in [2.24, 2.45) is 0 Å². The van der Waals surface area contributed by atoms with Crippen molar-refractivity contribution in [3.63, 3.8) is 0 Å². The first kappa shape index (κ1) is 28.5. The van der Waals surface area contributed by atoms with E-state index >= 15 is 0 Å². The molecule has 1 aromatic carbocycles. The zero-order valence-corrected chi connectivity index (χ0v) is 24.2. The summed E-state index contributed by atoms with van der Waals surface area (Å²) < 4.78 is 12.0. The van der Waals surface area contributed by atoms with E-state index in [1.54, 1.807) is 11.0 Å². The number of amides is 2. The van der Waals surface area contributed by atoms with Crippen LogP contribution in [0, 0.1) is 0 Å². The van der Waals surface area contributed by atoms with Crippen LogP contribution in [0.5, 0.6) is 5.75 Å². The number of pyridine rings is 1. The first-order valence-electron chi connectivity index (χ1n) is 14.0. The zero-order valence-electron chi connectivity index (χ0n) is 23.4. The topological polar surface area (TPSA) is 72.0 Å². The molecule has 1 saturated carbocycles. The number of piperidine rings is 1. The number of carbonyl (C=O) groups excluding carboxylic acids is 2. The van der Waals surface area contributed by atoms with E-state index in [2.05, 4.69) is 0 Å². The van der Waals surface area contributed by atoms with Crippen molar-refractivity contribution in [1.29, 1.82) is 0 Å². The van der Waals surface area contributed by atoms with E-state index in [0.29, 0.717) is 30.0 Å². The Labute approximate surface area is 231 Å². The molecular formula is C30H42ClN3O4. The second-order valence-corrected chi connectivity index (χ2v) is 12.5. The molecule has 8 heteroatoms. The van der Waals surface area contributed by atoms with E-state index in [1.807, 2.05) is 63.8 Å². The lowest BCUT2D eigenvalue weighted by Gasteiger charge is -2.41. The van der Waals surface area contributed by atoms with Gasteiger partial charge >= 0.3 is 6.09 Å². The van der Waals surface area contributed by atoms with Gasteiger partial charge in [-0.15, -0.1) is 11.6 Å². The molecule has 0 spiro atoms. The highest BCUT2D eigenvalue weighted by Gasteiger charge is 2.34. The van der Waals surface area contributed by atoms with Crippen LogP contribution in [0.3, 0.4) is 0 Å². The molecule has 1 saturated heterocycles. The van der Waals surface area contributed by atoms with Gasteiger partial charge in [0.2, 0.25) is 0 Å². The Bertz CT molecular complexity index is 1130. The third kappa shape index (κ3) is 7.10. The largest absolute Gasteiger partial charge is 0.488 e. The summed E-state index contributed by atoms with van der Waals surface area (Å²) in [4.78, 5) is 35.1. The van der Waals surface area contributed by atoms with Crippen LogP contribution < -0.4 is 4.74 Å². The summed E-state index contributed by atoms with van der Waals surface area (Å²) in [5, 5.41) is 1.15. The molecule has 4 rings (SSSR count). The highest BCUT2D eigenvalue weighted by molar-refractivity contribution is 6.20. The molecule has 1 aromatic heterocycles. The number of halogens is 1. The molecule has 2 heterocycles. The summed E-state index contributed by atoms with van der Waals surface area (Å²) in [5.74, 6) is 0.576. The third-order valence-electron chi connectivity index (χ3n) is 7.27. The van der Waals surface area contributed by atoms with Crippen LogP contribution in [-0.4, -0.2) is 69.0 Å². The third-order valence-corrected chi connectivity index (χ3v) is 7.71. The quantitative estimate of drug-likeness (QED) is 0.306. The van der Waals surface area contributed by atoms with Crippen LogP contribution in [0.4, 0.5) is 4.79 Å². The summed E-state index contributed by atoms with van der Waals surface area (Å²) >= 11 is 6.37. The van der Waals surface area contributed by atoms with Crippen LogP contribution in [-0.2, 0) is 4.74 Å². The fourth-order valence-electron chi connectivity index (χ4n) is 5.48. The van der Waals surface area contributed by atoms with Gasteiger partial charge in [0.25, 0.3) is 5.91 Å². The molecule has 208 valence electrons. The molecule has 38 heavy (non-hydrogen) atoms. The molecule has 1 aliphatic carbocycles. The number of fused-ring (bicyclic) bond motifs is 1. The predicted molar refractivity (Wildman–Crippen MR) is 151 cm³/mol. The maximum absolute atomic E-state index is 13.9. The molecule has 2 aromatic rings. The molecular weight excluding hydrogens is 502 g/mol. The monoisotopic (exact) mass is 543 g/mol. The smallest absolute Gasteiger partial charge is 0.410 e. The molecule has 3 unspecified atom stereocenters. The number of hydrogen-bond acceptors (Lipinski definition) is 5. The Morgan fingerprint density at radius 1 is 1.05 bits per heavy atom. The van der Waals surface area contributed by atoms with E-state index in [-0.39, 0.29) is 35.6 Å². The number of carbonyl (C=O) groups is 2. The minimum atomic E-state index is -0.561. The van der Waals surface area contributed by atoms with Crippen molar-refractivity contribution in [3.05, 3.63) is 36.0 Å². The van der Waals surface area contributed by atoms with Crippen molar-refractivity contribution >= 4 is 34.5 Å². The van der Waals surface area contributed by atoms with Gasteiger partial charge in [0.1, 0.15) is 22.6 Å². The van der Waals surface area contributed by atoms with Crippen LogP contribution in [0.25, 0.3) is 10.9 Å². The van der Waals surface area contributed by atoms with Gasteiger partial charge in [0, 0.05) is 29.9 Å². The molecule has 0 bridgehead atoms. The lowest BCUT2D eigenvalue weighted by atomic mass is 10.0. The van der Waals surface area contributed by atoms with E-state index in [0.717, 1.165) is 50.3 Å². The van der Waals surface area contributed by atoms with Gasteiger partial charge in [0.05, 0.1) is 12.1 Å². The van der Waals surface area contributed by atoms with Crippen molar-refractivity contribution < 1.29 is 19.1 Å². The minimum Gasteiger partial charge on any atom is -0.488 e. The molecule has 1 aliphatic heterocycles. The maximum Gasteiger partial charge on any atom is 0.410 e. The molecule has 7 nitrogen and oxygen atoms in total. The first-order chi connectivity index (χ1) is 18.0. The van der Waals surface area contributed by atoms with Crippen molar-refractivity contribution in [1.82, 2.24) is 14.8 Å². The lowest BCUT2D eigenvalue weighted by Crippen LogP contribution is -2.54. The van der Waals surface area contributed by atoms with Gasteiger partial charge in [-0.3, -0.25) is 4.79 Å². The standard InChI is InChI=1S/C30H42ClN3O4/c1-20(2)34(23-11-8-18-33(19-23)29(36)38-30(3,4)5)28(35)25-17-14-21-9-6-13-26(27(21)32-25)37-24-12-7-10-22(31)15-16-24/h6,9,13-14,17,20,22-24H,7-8,10-12,15-16,18-19H2,1-5H3. The Hall–Kier alpha value is -2.54. The molecule has 2 aliphatic rings. The van der Waals surface area contributed by atoms with Gasteiger partial charge in [-0.2, -0.15) is 0 Å². The van der Waals surface area contributed by atoms with Gasteiger partial charge in [0.15, 0.2) is 0 Å². The molecule has 0 radical (unpaired) electrons. The van der Waals surface area contributed by atoms with Crippen LogP contribution in [0.15, 0.2) is 30.3 Å². The fourth-order valence-corrected chi connectivity index (χ4v) is 5.76. The van der Waals surface area contributed by atoms with E-state index < -0.39 is 5.60 Å². The molecule has 2 amide bonds. The summed E-state index contributed by atoms with van der Waals surface area (Å²) in [6.07, 6.45) is 6.30. The van der Waals surface area contributed by atoms with Gasteiger partial charge in [-0.1, -0.05) is 18.2 Å². The highest BCUT2D eigenvalue weighted by atomic mass is 35.5. The van der Waals surface area contributed by atoms with E-state index in [9.17, 15) is 9.59 Å². The number of alkyl halides is 1. The second kappa shape index (κ2) is 12.1. The van der Waals surface area contributed by atoms with Crippen molar-refractivity contribution in [2.75, 3.05) is 13.1 Å². The molecule has 3 atom stereocenters. The summed E-state index contributed by atoms with van der Waals surface area (Å²) in [6.45, 7) is 10.7. The number of nitrogens with zero attached hydrogens (tertiary/aromatic N) is 3. The van der Waals surface area contributed by atoms with Gasteiger partial charge in [-0.25, -0.2) is 9.78 Å². The normalized spacial score (nSPS) is 22.7. The molecule has 2 fully saturated rings. The number of likely N-dealkylation sites (tertiary alicyclic amines) is 1. The number of benzene rings is 1. The van der Waals surface area contributed by atoms with Crippen LogP contribution in [0.2, 0.25) is 0 Å². The second-order valence-electron chi connectivity index (χ2n) is 11.9. The van der Waals surface area contributed by atoms with Gasteiger partial charge in [-0.05, 0) is 91.7 Å². The SMILES string of the molecule is CC(C)N(C(=O)c1ccc2cccc(OC3CCCC(Cl)CC3)c2n1)C1CCCN(C(=O)OC(C)(C)C)C1. The Morgan fingerprint density at radius 2 is 1.84 bits per heavy atom. The number of para-hydroxylation sites is 1. The summed E-state index contributed by atoms with van der Waals surface area (Å²) in [7, 11) is 0. The Morgan fingerprint density at radius 3 is 2.58 bits per heavy atom. The number of aromatic nitrogens is 1. The summed E-state index contributed by atoms with van der Waals surface area (Å²) in [6, 6.07) is 9.47. The minimum absolute atomic E-state index is 0.0513. The average Bonchev–Trinajstić information content (AvgIpc) is 3.06. The van der Waals surface area contributed by atoms with Gasteiger partial charge < -0.3 is 19.3 Å². The predicted octanol–water partition coefficient (Wildman–Crippen LogP) is 6.80. The summed E-state index contributed by atoms with van der Waals surface area (Å²) in [5.41, 5.74) is 0.528. The van der Waals surface area contributed by atoms with Crippen LogP contribution >= 0.6 is 11.6 Å². The maximum atomic E-state index is 13.9. The van der Waals surface area contributed by atoms with Crippen molar-refractivity contribution in [3.8, 4) is 5.75 Å². The first-order valence-corrected chi connectivity index (χ1v) is 14.5. The number of rotatable bonds is 5. The van der Waals surface area contributed by atoms with E-state index in [1.165, 1.54) is 0 Å². The van der Waals surface area contributed by atoms with E-state index in [4.69, 9.17) is 26.1 Å². The average molecular weight is 544 g/mol. The Balaban J connectivity index is 1.55. The van der Waals surface area contributed by atoms with Crippen molar-refractivity contribution in [2.45, 2.75) is 109 Å². The highest BCUT2D eigenvalue weighted by Crippen LogP contribution is 2.30. The Kier molecular flexibility index (Phi) is 9.07. The molecule has 0 N–H and O–H groups in total. The van der Waals surface area contributed by atoms with Crippen LogP contribution in [0.1, 0.15) is 90.1 Å². The number of ether oxygens (including phenoxy) is 2. The lowest BCUT2D eigenvalue weighted by molar-refractivity contribution is 0.00742.